The number of nitrogens with two attached hydrogens (primary N) is 1. The van der Waals surface area contributed by atoms with E-state index in [4.69, 9.17) is 16.0 Å². The van der Waals surface area contributed by atoms with Crippen LogP contribution in [0.5, 0.6) is 5.75 Å². The number of fused-ring (bicyclic) bond motifs is 3. The summed E-state index contributed by atoms with van der Waals surface area (Å²) in [5, 5.41) is 53.8. The first-order valence-corrected chi connectivity index (χ1v) is 11.9. The second kappa shape index (κ2) is 8.40. The molecule has 1 aromatic rings. The number of nitrogens with zero attached hydrogens (tertiary/aromatic N) is 2. The number of hydrogen-bond acceptors (Lipinski definition) is 10. The number of aliphatic hydroxyl groups is 3. The number of primary amides is 1. The number of carbonyl (C=O) groups excluding carboxylic acids is 3. The highest BCUT2D eigenvalue weighted by Crippen LogP contribution is 2.52. The summed E-state index contributed by atoms with van der Waals surface area (Å²) in [5.74, 6) is -6.59. The average Bonchev–Trinajstić information content (AvgIpc) is 3.22. The number of phenolic OH excluding ortho intramolecular Hbond substituents is 1. The number of phenols is 1. The van der Waals surface area contributed by atoms with E-state index in [2.05, 4.69) is 0 Å². The molecule has 12 nitrogen and oxygen atoms in total. The molecule has 1 saturated heterocycles. The Labute approximate surface area is 211 Å². The Morgan fingerprint density at radius 3 is 2.57 bits per heavy atom. The Morgan fingerprint density at radius 1 is 1.27 bits per heavy atom. The molecule has 0 radical (unpaired) electrons. The average molecular weight is 513 g/mol. The van der Waals surface area contributed by atoms with E-state index in [0.717, 1.165) is 0 Å². The lowest BCUT2D eigenvalue weighted by molar-refractivity contribution is -0.148. The Balaban J connectivity index is 1.66. The minimum absolute atomic E-state index is 0.0108. The van der Waals surface area contributed by atoms with Gasteiger partial charge in [0.2, 0.25) is 5.78 Å². The fraction of sp³-hybridized carbons (Fsp3) is 0.440. The Bertz CT molecular complexity index is 1330. The van der Waals surface area contributed by atoms with Crippen molar-refractivity contribution in [3.05, 3.63) is 51.5 Å². The highest BCUT2D eigenvalue weighted by Gasteiger charge is 2.63. The number of amidine groups is 1. The predicted molar refractivity (Wildman–Crippen MR) is 128 cm³/mol. The molecule has 3 aliphatic carbocycles. The summed E-state index contributed by atoms with van der Waals surface area (Å²) >= 11 is 0. The van der Waals surface area contributed by atoms with Crippen molar-refractivity contribution in [2.45, 2.75) is 37.5 Å². The van der Waals surface area contributed by atoms with Gasteiger partial charge in [0.05, 0.1) is 24.8 Å². The number of carbonyl (C=O) groups is 3. The van der Waals surface area contributed by atoms with Gasteiger partial charge in [0, 0.05) is 17.9 Å². The maximum absolute atomic E-state index is 13.7. The van der Waals surface area contributed by atoms with Crippen LogP contribution in [0.1, 0.15) is 34.3 Å². The van der Waals surface area contributed by atoms with Crippen molar-refractivity contribution in [3.63, 3.8) is 0 Å². The van der Waals surface area contributed by atoms with Gasteiger partial charge in [0.25, 0.3) is 5.91 Å². The number of ketones is 2. The van der Waals surface area contributed by atoms with Crippen LogP contribution in [0.15, 0.2) is 34.8 Å². The molecule has 4 atom stereocenters. The maximum Gasteiger partial charge on any atom is 0.255 e. The number of aliphatic hydroxyl groups excluding tert-OH is 2. The Kier molecular flexibility index (Phi) is 5.66. The molecule has 1 amide bonds. The van der Waals surface area contributed by atoms with Gasteiger partial charge in [-0.1, -0.05) is 6.07 Å². The van der Waals surface area contributed by atoms with Crippen LogP contribution < -0.4 is 5.73 Å². The fourth-order valence-electron chi connectivity index (χ4n) is 6.21. The van der Waals surface area contributed by atoms with Crippen molar-refractivity contribution in [3.8, 4) is 5.75 Å². The zero-order valence-electron chi connectivity index (χ0n) is 20.3. The molecule has 1 fully saturated rings. The van der Waals surface area contributed by atoms with E-state index < -0.39 is 58.0 Å². The molecule has 0 unspecified atom stereocenters. The van der Waals surface area contributed by atoms with Crippen molar-refractivity contribution in [1.29, 1.82) is 5.41 Å². The smallest absolute Gasteiger partial charge is 0.255 e. The predicted octanol–water partition coefficient (Wildman–Crippen LogP) is 0.235. The number of amides is 1. The van der Waals surface area contributed by atoms with Crippen molar-refractivity contribution >= 4 is 23.3 Å². The molecule has 1 aromatic carbocycles. The summed E-state index contributed by atoms with van der Waals surface area (Å²) in [5.41, 5.74) is 2.71. The van der Waals surface area contributed by atoms with Crippen LogP contribution in [-0.4, -0.2) is 86.0 Å². The lowest BCUT2D eigenvalue weighted by Crippen LogP contribution is -2.63. The topological polar surface area (TPSA) is 198 Å². The van der Waals surface area contributed by atoms with E-state index in [1.807, 2.05) is 0 Å². The van der Waals surface area contributed by atoms with E-state index in [1.54, 1.807) is 20.2 Å². The largest absolute Gasteiger partial charge is 0.510 e. The zero-order valence-corrected chi connectivity index (χ0v) is 20.3. The minimum atomic E-state index is -2.67. The molecule has 1 aliphatic heterocycles. The molecule has 4 aliphatic rings. The van der Waals surface area contributed by atoms with E-state index in [-0.39, 0.29) is 42.1 Å². The lowest BCUT2D eigenvalue weighted by atomic mass is 9.58. The molecule has 0 saturated carbocycles. The standard InChI is InChI=1S/C25H28N4O8/c1-28(2)19-13-8-11-7-12-10(9-29-15(26)5-6-37-29)3-4-14(30)17(12)20(31)16(11)22(33)25(13,36)23(34)18(21(19)32)24(27)35/h3-4,11,13,19,26,30,32-33,36H,5-9H2,1-2H3,(H2,27,35)/t11-,13-,19-,25-/m0/s1. The van der Waals surface area contributed by atoms with Crippen LogP contribution in [-0.2, 0) is 27.4 Å². The number of hydrogen-bond donors (Lipinski definition) is 6. The number of aromatic hydroxyl groups is 1. The molecular formula is C25H28N4O8. The van der Waals surface area contributed by atoms with Crippen LogP contribution in [0.2, 0.25) is 0 Å². The van der Waals surface area contributed by atoms with E-state index in [9.17, 15) is 34.8 Å². The van der Waals surface area contributed by atoms with Crippen LogP contribution in [0.25, 0.3) is 0 Å². The zero-order chi connectivity index (χ0) is 27.0. The first-order chi connectivity index (χ1) is 17.4. The Hall–Kier alpha value is -3.74. The normalized spacial score (nSPS) is 29.6. The number of benzene rings is 1. The van der Waals surface area contributed by atoms with Crippen LogP contribution >= 0.6 is 0 Å². The maximum atomic E-state index is 13.7. The minimum Gasteiger partial charge on any atom is -0.510 e. The van der Waals surface area contributed by atoms with E-state index in [0.29, 0.717) is 24.2 Å². The van der Waals surface area contributed by atoms with Crippen LogP contribution in [0.4, 0.5) is 0 Å². The third-order valence-electron chi connectivity index (χ3n) is 7.90. The van der Waals surface area contributed by atoms with Gasteiger partial charge in [-0.2, -0.15) is 0 Å². The van der Waals surface area contributed by atoms with Crippen molar-refractivity contribution in [2.24, 2.45) is 17.6 Å². The summed E-state index contributed by atoms with van der Waals surface area (Å²) in [7, 11) is 3.16. The monoisotopic (exact) mass is 512 g/mol. The number of allylic oxidation sites excluding steroid dienone is 1. The third kappa shape index (κ3) is 3.40. The molecule has 37 heavy (non-hydrogen) atoms. The van der Waals surface area contributed by atoms with Crippen molar-refractivity contribution in [2.75, 3.05) is 20.7 Å². The first-order valence-electron chi connectivity index (χ1n) is 11.9. The lowest BCUT2D eigenvalue weighted by Gasteiger charge is -2.50. The van der Waals surface area contributed by atoms with E-state index >= 15 is 0 Å². The third-order valence-corrected chi connectivity index (χ3v) is 7.90. The van der Waals surface area contributed by atoms with E-state index in [1.165, 1.54) is 16.0 Å². The molecule has 196 valence electrons. The number of nitrogens with one attached hydrogen (secondary N) is 1. The summed E-state index contributed by atoms with van der Waals surface area (Å²) in [6.45, 7) is 0.538. The number of likely N-dealkylation sites (N-methyl/N-ethyl adjacent to an activating group) is 1. The number of rotatable bonds is 4. The molecule has 12 heteroatoms. The van der Waals surface area contributed by atoms with Gasteiger partial charge in [0.1, 0.15) is 28.7 Å². The van der Waals surface area contributed by atoms with Crippen LogP contribution in [0, 0.1) is 17.2 Å². The highest BCUT2D eigenvalue weighted by molar-refractivity contribution is 6.24. The molecule has 0 aromatic heterocycles. The van der Waals surface area contributed by atoms with Crippen molar-refractivity contribution in [1.82, 2.24) is 9.96 Å². The van der Waals surface area contributed by atoms with Gasteiger partial charge in [-0.05, 0) is 50.0 Å². The quantitative estimate of drug-likeness (QED) is 0.304. The summed E-state index contributed by atoms with van der Waals surface area (Å²) in [6.07, 6.45) is 0.642. The molecule has 0 spiro atoms. The molecule has 0 bridgehead atoms. The second-order valence-electron chi connectivity index (χ2n) is 10.1. The van der Waals surface area contributed by atoms with Gasteiger partial charge >= 0.3 is 0 Å². The number of hydroxylamine groups is 2. The molecule has 1 heterocycles. The summed E-state index contributed by atoms with van der Waals surface area (Å²) in [4.78, 5) is 46.0. The van der Waals surface area contributed by atoms with Gasteiger partial charge in [-0.3, -0.25) is 29.5 Å². The second-order valence-corrected chi connectivity index (χ2v) is 10.1. The summed E-state index contributed by atoms with van der Waals surface area (Å²) < 4.78 is 0. The fourth-order valence-corrected chi connectivity index (χ4v) is 6.21. The van der Waals surface area contributed by atoms with Gasteiger partial charge in [-0.15, -0.1) is 0 Å². The Morgan fingerprint density at radius 2 is 1.97 bits per heavy atom. The number of Topliss-reactive ketones (excluding diaryl/α,β-unsaturated/α-hetero) is 2. The van der Waals surface area contributed by atoms with Crippen molar-refractivity contribution < 1.29 is 39.6 Å². The van der Waals surface area contributed by atoms with Crippen LogP contribution in [0.3, 0.4) is 0 Å². The summed E-state index contributed by atoms with van der Waals surface area (Å²) in [6, 6.07) is 1.93. The SMILES string of the molecule is CN(C)[C@@H]1C(O)=C(C(N)=O)C(=O)[C@@]2(O)C(O)=C3C(=O)c4c(O)ccc(CN5OCCC5=N)c4C[C@H]3C[C@@H]12. The first kappa shape index (κ1) is 24.9. The van der Waals surface area contributed by atoms with Gasteiger partial charge in [0.15, 0.2) is 11.4 Å². The molecule has 7 N–H and O–H groups in total. The molecular weight excluding hydrogens is 484 g/mol. The van der Waals surface area contributed by atoms with Gasteiger partial charge < -0.3 is 26.2 Å². The van der Waals surface area contributed by atoms with Gasteiger partial charge in [-0.25, -0.2) is 5.06 Å². The highest BCUT2D eigenvalue weighted by atomic mass is 16.7. The molecule has 5 rings (SSSR count).